The van der Waals surface area contributed by atoms with Crippen molar-refractivity contribution in [2.45, 2.75) is 5.03 Å². The number of methoxy groups -OCH3 is 1. The van der Waals surface area contributed by atoms with E-state index >= 15 is 0 Å². The lowest BCUT2D eigenvalue weighted by Gasteiger charge is -2.04. The molecule has 1 aromatic heterocycles. The van der Waals surface area contributed by atoms with E-state index in [0.29, 0.717) is 0 Å². The van der Waals surface area contributed by atoms with Crippen LogP contribution in [0.4, 0.5) is 0 Å². The molecule has 0 saturated carbocycles. The van der Waals surface area contributed by atoms with Gasteiger partial charge in [0.25, 0.3) is 0 Å². The van der Waals surface area contributed by atoms with Gasteiger partial charge in [0.1, 0.15) is 5.75 Å². The summed E-state index contributed by atoms with van der Waals surface area (Å²) in [5.74, 6) is 0.835. The van der Waals surface area contributed by atoms with Gasteiger partial charge in [-0.25, -0.2) is 4.68 Å². The molecule has 0 saturated heterocycles. The minimum absolute atomic E-state index is 0.815. The summed E-state index contributed by atoms with van der Waals surface area (Å²) in [6.07, 6.45) is 1.71. The Morgan fingerprint density at radius 3 is 2.43 bits per heavy atom. The van der Waals surface area contributed by atoms with Crippen molar-refractivity contribution in [1.29, 1.82) is 0 Å². The fourth-order valence-corrected chi connectivity index (χ4v) is 1.45. The van der Waals surface area contributed by atoms with Crippen LogP contribution < -0.4 is 4.74 Å². The highest BCUT2D eigenvalue weighted by molar-refractivity contribution is 7.80. The molecule has 0 bridgehead atoms. The molecule has 0 fully saturated rings. The summed E-state index contributed by atoms with van der Waals surface area (Å²) < 4.78 is 6.82. The van der Waals surface area contributed by atoms with Crippen LogP contribution in [0.3, 0.4) is 0 Å². The lowest BCUT2D eigenvalue weighted by molar-refractivity contribution is 0.414. The molecular weight excluding hydrogens is 196 g/mol. The summed E-state index contributed by atoms with van der Waals surface area (Å²) in [5, 5.41) is 4.96. The zero-order valence-corrected chi connectivity index (χ0v) is 8.61. The average molecular weight is 206 g/mol. The first-order valence-electron chi connectivity index (χ1n) is 4.18. The number of nitrogens with zero attached hydrogens (tertiary/aromatic N) is 2. The molecule has 14 heavy (non-hydrogen) atoms. The first kappa shape index (κ1) is 9.15. The van der Waals surface area contributed by atoms with Crippen LogP contribution in [0, 0.1) is 0 Å². The maximum atomic E-state index is 5.07. The van der Waals surface area contributed by atoms with Gasteiger partial charge < -0.3 is 4.74 Å². The minimum atomic E-state index is 0.815. The maximum absolute atomic E-state index is 5.07. The van der Waals surface area contributed by atoms with Crippen molar-refractivity contribution in [1.82, 2.24) is 9.78 Å². The van der Waals surface area contributed by atoms with Crippen molar-refractivity contribution in [2.75, 3.05) is 7.11 Å². The van der Waals surface area contributed by atoms with E-state index in [-0.39, 0.29) is 0 Å². The van der Waals surface area contributed by atoms with Crippen LogP contribution in [-0.4, -0.2) is 16.9 Å². The number of benzene rings is 1. The molecule has 0 aliphatic heterocycles. The van der Waals surface area contributed by atoms with Gasteiger partial charge in [-0.1, -0.05) is 0 Å². The summed E-state index contributed by atoms with van der Waals surface area (Å²) in [6.45, 7) is 0. The van der Waals surface area contributed by atoms with Gasteiger partial charge >= 0.3 is 0 Å². The van der Waals surface area contributed by atoms with Crippen LogP contribution in [0.15, 0.2) is 41.6 Å². The molecule has 2 aromatic rings. The summed E-state index contributed by atoms with van der Waals surface area (Å²) in [7, 11) is 1.65. The third kappa shape index (κ3) is 1.61. The topological polar surface area (TPSA) is 27.1 Å². The molecule has 0 radical (unpaired) electrons. The van der Waals surface area contributed by atoms with E-state index in [9.17, 15) is 0 Å². The van der Waals surface area contributed by atoms with Crippen LogP contribution in [-0.2, 0) is 0 Å². The maximum Gasteiger partial charge on any atom is 0.119 e. The minimum Gasteiger partial charge on any atom is -0.497 e. The molecule has 1 heterocycles. The molecular formula is C10H10N2OS. The standard InChI is InChI=1S/C10H10N2OS/c1-13-9-4-2-8(3-5-9)12-10(14)6-7-11-12/h2-7,14H,1H3. The predicted octanol–water partition coefficient (Wildman–Crippen LogP) is 2.17. The van der Waals surface area contributed by atoms with Gasteiger partial charge in [0.2, 0.25) is 0 Å². The third-order valence-electron chi connectivity index (χ3n) is 1.94. The normalized spacial score (nSPS) is 10.1. The number of ether oxygens (including phenoxy) is 1. The van der Waals surface area contributed by atoms with Gasteiger partial charge in [-0.3, -0.25) is 0 Å². The highest BCUT2D eigenvalue weighted by Crippen LogP contribution is 2.17. The number of aromatic nitrogens is 2. The lowest BCUT2D eigenvalue weighted by atomic mass is 10.3. The molecule has 0 unspecified atom stereocenters. The second kappa shape index (κ2) is 3.75. The highest BCUT2D eigenvalue weighted by atomic mass is 32.1. The first-order chi connectivity index (χ1) is 6.81. The summed E-state index contributed by atoms with van der Waals surface area (Å²) in [5.41, 5.74) is 0.973. The Kier molecular flexibility index (Phi) is 2.45. The molecule has 0 N–H and O–H groups in total. The van der Waals surface area contributed by atoms with Crippen molar-refractivity contribution >= 4 is 12.6 Å². The second-order valence-corrected chi connectivity index (χ2v) is 3.26. The van der Waals surface area contributed by atoms with Crippen LogP contribution in [0.5, 0.6) is 5.75 Å². The van der Waals surface area contributed by atoms with Gasteiger partial charge in [-0.05, 0) is 30.3 Å². The fraction of sp³-hybridized carbons (Fsp3) is 0.100. The monoisotopic (exact) mass is 206 g/mol. The quantitative estimate of drug-likeness (QED) is 0.762. The van der Waals surface area contributed by atoms with E-state index in [2.05, 4.69) is 17.7 Å². The van der Waals surface area contributed by atoms with E-state index in [4.69, 9.17) is 4.74 Å². The highest BCUT2D eigenvalue weighted by Gasteiger charge is 2.00. The lowest BCUT2D eigenvalue weighted by Crippen LogP contribution is -1.96. The molecule has 0 amide bonds. The number of thiol groups is 1. The largest absolute Gasteiger partial charge is 0.497 e. The van der Waals surface area contributed by atoms with Crippen LogP contribution in [0.1, 0.15) is 0 Å². The Morgan fingerprint density at radius 2 is 1.93 bits per heavy atom. The van der Waals surface area contributed by atoms with Gasteiger partial charge in [0, 0.05) is 0 Å². The third-order valence-corrected chi connectivity index (χ3v) is 2.28. The van der Waals surface area contributed by atoms with Crippen molar-refractivity contribution in [3.8, 4) is 11.4 Å². The predicted molar refractivity (Wildman–Crippen MR) is 57.4 cm³/mol. The van der Waals surface area contributed by atoms with E-state index in [1.165, 1.54) is 0 Å². The van der Waals surface area contributed by atoms with Crippen LogP contribution in [0.2, 0.25) is 0 Å². The van der Waals surface area contributed by atoms with Crippen molar-refractivity contribution < 1.29 is 4.74 Å². The zero-order chi connectivity index (χ0) is 9.97. The smallest absolute Gasteiger partial charge is 0.119 e. The van der Waals surface area contributed by atoms with Crippen molar-refractivity contribution in [3.63, 3.8) is 0 Å². The Balaban J connectivity index is 2.39. The number of hydrogen-bond donors (Lipinski definition) is 1. The first-order valence-corrected chi connectivity index (χ1v) is 4.63. The second-order valence-electron chi connectivity index (χ2n) is 2.80. The molecule has 3 nitrogen and oxygen atoms in total. The van der Waals surface area contributed by atoms with E-state index in [1.807, 2.05) is 30.3 Å². The fourth-order valence-electron chi connectivity index (χ4n) is 1.22. The SMILES string of the molecule is COc1ccc(-n2nccc2S)cc1. The Hall–Kier alpha value is -1.42. The molecule has 4 heteroatoms. The van der Waals surface area contributed by atoms with E-state index in [1.54, 1.807) is 18.0 Å². The van der Waals surface area contributed by atoms with E-state index in [0.717, 1.165) is 16.5 Å². The van der Waals surface area contributed by atoms with Crippen LogP contribution in [0.25, 0.3) is 5.69 Å². The molecule has 2 rings (SSSR count). The Morgan fingerprint density at radius 1 is 1.21 bits per heavy atom. The number of rotatable bonds is 2. The molecule has 0 atom stereocenters. The molecule has 0 aliphatic carbocycles. The zero-order valence-electron chi connectivity index (χ0n) is 7.71. The van der Waals surface area contributed by atoms with Gasteiger partial charge in [0.15, 0.2) is 0 Å². The van der Waals surface area contributed by atoms with Gasteiger partial charge in [0.05, 0.1) is 24.0 Å². The van der Waals surface area contributed by atoms with Gasteiger partial charge in [-0.2, -0.15) is 5.10 Å². The average Bonchev–Trinajstić information content (AvgIpc) is 2.65. The summed E-state index contributed by atoms with van der Waals surface area (Å²) >= 11 is 4.28. The molecule has 0 spiro atoms. The van der Waals surface area contributed by atoms with Crippen LogP contribution >= 0.6 is 12.6 Å². The Bertz CT molecular complexity index is 422. The molecule has 0 aliphatic rings. The van der Waals surface area contributed by atoms with Crippen molar-refractivity contribution in [2.24, 2.45) is 0 Å². The molecule has 72 valence electrons. The van der Waals surface area contributed by atoms with Gasteiger partial charge in [-0.15, -0.1) is 12.6 Å². The Labute approximate surface area is 87.7 Å². The summed E-state index contributed by atoms with van der Waals surface area (Å²) in [6, 6.07) is 9.50. The molecule has 1 aromatic carbocycles. The van der Waals surface area contributed by atoms with Crippen molar-refractivity contribution in [3.05, 3.63) is 36.5 Å². The summed E-state index contributed by atoms with van der Waals surface area (Å²) in [4.78, 5) is 0. The van der Waals surface area contributed by atoms with E-state index < -0.39 is 0 Å². The number of hydrogen-bond acceptors (Lipinski definition) is 3.